The van der Waals surface area contributed by atoms with Gasteiger partial charge in [-0.05, 0) is 23.3 Å². The van der Waals surface area contributed by atoms with Gasteiger partial charge < -0.3 is 10.4 Å². The van der Waals surface area contributed by atoms with Crippen molar-refractivity contribution < 1.29 is 18.7 Å². The zero-order valence-corrected chi connectivity index (χ0v) is 13.7. The van der Waals surface area contributed by atoms with Gasteiger partial charge in [-0.1, -0.05) is 36.4 Å². The second-order valence-electron chi connectivity index (χ2n) is 6.16. The molecule has 25 heavy (non-hydrogen) atoms. The van der Waals surface area contributed by atoms with E-state index in [0.717, 1.165) is 17.7 Å². The molecule has 1 fully saturated rings. The Balaban J connectivity index is 1.81. The van der Waals surface area contributed by atoms with Crippen molar-refractivity contribution in [1.29, 1.82) is 0 Å². The van der Waals surface area contributed by atoms with Crippen LogP contribution in [0.2, 0.25) is 0 Å². The summed E-state index contributed by atoms with van der Waals surface area (Å²) < 4.78 is 26.5. The van der Waals surface area contributed by atoms with Gasteiger partial charge in [0.15, 0.2) is 11.6 Å². The molecular formula is C19H20F2N2O2. The summed E-state index contributed by atoms with van der Waals surface area (Å²) in [4.78, 5) is 14.0. The standard InChI is InChI=1S/C19H20F2N2O2/c20-15-7-6-14(10-16(15)21)18(24)12-23-9-8-22-19(25)11-17(23)13-4-2-1-3-5-13/h1-7,10,17-18,24H,8-9,11-12H2,(H,22,25)/t17-,18+/m1/s1. The smallest absolute Gasteiger partial charge is 0.221 e. The maximum atomic E-state index is 13.4. The van der Waals surface area contributed by atoms with Crippen molar-refractivity contribution in [3.63, 3.8) is 0 Å². The molecule has 132 valence electrons. The van der Waals surface area contributed by atoms with Crippen molar-refractivity contribution in [3.8, 4) is 0 Å². The Morgan fingerprint density at radius 2 is 1.92 bits per heavy atom. The second-order valence-corrected chi connectivity index (χ2v) is 6.16. The number of hydrogen-bond donors (Lipinski definition) is 2. The lowest BCUT2D eigenvalue weighted by Gasteiger charge is -2.31. The van der Waals surface area contributed by atoms with Crippen molar-refractivity contribution in [1.82, 2.24) is 10.2 Å². The summed E-state index contributed by atoms with van der Waals surface area (Å²) in [6.45, 7) is 1.26. The number of aliphatic hydroxyl groups excluding tert-OH is 1. The summed E-state index contributed by atoms with van der Waals surface area (Å²) in [5.74, 6) is -1.97. The van der Waals surface area contributed by atoms with Crippen LogP contribution in [0.15, 0.2) is 48.5 Å². The van der Waals surface area contributed by atoms with E-state index >= 15 is 0 Å². The molecule has 6 heteroatoms. The Morgan fingerprint density at radius 3 is 2.64 bits per heavy atom. The molecule has 2 aromatic rings. The van der Waals surface area contributed by atoms with Gasteiger partial charge in [0.05, 0.1) is 6.10 Å². The van der Waals surface area contributed by atoms with Crippen LogP contribution in [-0.2, 0) is 4.79 Å². The van der Waals surface area contributed by atoms with Gasteiger partial charge in [0, 0.05) is 32.1 Å². The molecular weight excluding hydrogens is 326 g/mol. The molecule has 0 radical (unpaired) electrons. The number of nitrogens with zero attached hydrogens (tertiary/aromatic N) is 1. The van der Waals surface area contributed by atoms with E-state index in [0.29, 0.717) is 18.7 Å². The number of benzene rings is 2. The number of rotatable bonds is 4. The predicted octanol–water partition coefficient (Wildman–Crippen LogP) is 2.56. The first-order chi connectivity index (χ1) is 12.0. The molecule has 2 atom stereocenters. The average Bonchev–Trinajstić information content (AvgIpc) is 2.79. The summed E-state index contributed by atoms with van der Waals surface area (Å²) >= 11 is 0. The second kappa shape index (κ2) is 7.72. The Morgan fingerprint density at radius 1 is 1.16 bits per heavy atom. The first-order valence-corrected chi connectivity index (χ1v) is 8.23. The van der Waals surface area contributed by atoms with Crippen LogP contribution in [-0.4, -0.2) is 35.5 Å². The summed E-state index contributed by atoms with van der Waals surface area (Å²) in [5, 5.41) is 13.3. The van der Waals surface area contributed by atoms with E-state index in [2.05, 4.69) is 5.32 Å². The molecule has 2 N–H and O–H groups in total. The largest absolute Gasteiger partial charge is 0.387 e. The van der Waals surface area contributed by atoms with Gasteiger partial charge in [0.2, 0.25) is 5.91 Å². The van der Waals surface area contributed by atoms with E-state index in [-0.39, 0.29) is 24.9 Å². The lowest BCUT2D eigenvalue weighted by Crippen LogP contribution is -2.34. The van der Waals surface area contributed by atoms with Crippen LogP contribution in [0.3, 0.4) is 0 Å². The molecule has 1 aliphatic heterocycles. The fourth-order valence-corrected chi connectivity index (χ4v) is 3.14. The third kappa shape index (κ3) is 4.21. The number of hydrogen-bond acceptors (Lipinski definition) is 3. The van der Waals surface area contributed by atoms with Gasteiger partial charge in [-0.2, -0.15) is 0 Å². The fourth-order valence-electron chi connectivity index (χ4n) is 3.14. The molecule has 2 aromatic carbocycles. The molecule has 0 unspecified atom stereocenters. The first-order valence-electron chi connectivity index (χ1n) is 8.23. The number of halogens is 2. The molecule has 0 aliphatic carbocycles. The Labute approximate surface area is 145 Å². The maximum absolute atomic E-state index is 13.4. The van der Waals surface area contributed by atoms with Gasteiger partial charge in [-0.25, -0.2) is 8.78 Å². The number of aliphatic hydroxyl groups is 1. The highest BCUT2D eigenvalue weighted by Crippen LogP contribution is 2.28. The van der Waals surface area contributed by atoms with Crippen LogP contribution in [0, 0.1) is 11.6 Å². The van der Waals surface area contributed by atoms with Crippen LogP contribution in [0.5, 0.6) is 0 Å². The van der Waals surface area contributed by atoms with Crippen molar-refractivity contribution >= 4 is 5.91 Å². The van der Waals surface area contributed by atoms with E-state index in [4.69, 9.17) is 0 Å². The number of amides is 1. The van der Waals surface area contributed by atoms with Gasteiger partial charge >= 0.3 is 0 Å². The summed E-state index contributed by atoms with van der Waals surface area (Å²) in [6.07, 6.45) is -0.691. The lowest BCUT2D eigenvalue weighted by atomic mass is 10.0. The zero-order chi connectivity index (χ0) is 17.8. The quantitative estimate of drug-likeness (QED) is 0.895. The van der Waals surface area contributed by atoms with E-state index in [1.165, 1.54) is 6.07 Å². The highest BCUT2D eigenvalue weighted by molar-refractivity contribution is 5.77. The summed E-state index contributed by atoms with van der Waals surface area (Å²) in [6, 6.07) is 12.8. The Kier molecular flexibility index (Phi) is 5.40. The topological polar surface area (TPSA) is 52.6 Å². The van der Waals surface area contributed by atoms with E-state index in [1.54, 1.807) is 0 Å². The SMILES string of the molecule is O=C1C[C@H](c2ccccc2)N(C[C@H](O)c2ccc(F)c(F)c2)CCN1. The van der Waals surface area contributed by atoms with E-state index in [1.807, 2.05) is 35.2 Å². The molecule has 3 rings (SSSR count). The summed E-state index contributed by atoms with van der Waals surface area (Å²) in [7, 11) is 0. The third-order valence-corrected chi connectivity index (χ3v) is 4.46. The van der Waals surface area contributed by atoms with Gasteiger partial charge in [-0.3, -0.25) is 9.69 Å². The molecule has 0 bridgehead atoms. The van der Waals surface area contributed by atoms with Crippen LogP contribution in [0.1, 0.15) is 29.7 Å². The van der Waals surface area contributed by atoms with Gasteiger partial charge in [0.25, 0.3) is 0 Å². The molecule has 1 heterocycles. The van der Waals surface area contributed by atoms with Crippen molar-refractivity contribution in [2.24, 2.45) is 0 Å². The Hall–Kier alpha value is -2.31. The average molecular weight is 346 g/mol. The molecule has 1 aliphatic rings. The summed E-state index contributed by atoms with van der Waals surface area (Å²) in [5.41, 5.74) is 1.30. The molecule has 0 spiro atoms. The molecule has 0 aromatic heterocycles. The normalized spacial score (nSPS) is 20.0. The lowest BCUT2D eigenvalue weighted by molar-refractivity contribution is -0.121. The third-order valence-electron chi connectivity index (χ3n) is 4.46. The van der Waals surface area contributed by atoms with Crippen molar-refractivity contribution in [3.05, 3.63) is 71.3 Å². The molecule has 4 nitrogen and oxygen atoms in total. The van der Waals surface area contributed by atoms with Crippen molar-refractivity contribution in [2.75, 3.05) is 19.6 Å². The van der Waals surface area contributed by atoms with Crippen LogP contribution < -0.4 is 5.32 Å². The van der Waals surface area contributed by atoms with E-state index in [9.17, 15) is 18.7 Å². The minimum atomic E-state index is -0.983. The number of β-amino-alcohol motifs (C(OH)–C–C–N with tert-alkyl or cyclic N) is 1. The monoisotopic (exact) mass is 346 g/mol. The highest BCUT2D eigenvalue weighted by atomic mass is 19.2. The molecule has 0 saturated carbocycles. The van der Waals surface area contributed by atoms with Crippen LogP contribution in [0.25, 0.3) is 0 Å². The fraction of sp³-hybridized carbons (Fsp3) is 0.316. The maximum Gasteiger partial charge on any atom is 0.221 e. The number of nitrogens with one attached hydrogen (secondary N) is 1. The zero-order valence-electron chi connectivity index (χ0n) is 13.7. The Bertz CT molecular complexity index is 739. The van der Waals surface area contributed by atoms with E-state index < -0.39 is 17.7 Å². The number of carbonyl (C=O) groups excluding carboxylic acids is 1. The molecule has 1 amide bonds. The minimum absolute atomic E-state index is 0.0429. The van der Waals surface area contributed by atoms with Crippen LogP contribution in [0.4, 0.5) is 8.78 Å². The predicted molar refractivity (Wildman–Crippen MR) is 89.7 cm³/mol. The molecule has 1 saturated heterocycles. The van der Waals surface area contributed by atoms with Gasteiger partial charge in [0.1, 0.15) is 0 Å². The highest BCUT2D eigenvalue weighted by Gasteiger charge is 2.28. The number of carbonyl (C=O) groups is 1. The van der Waals surface area contributed by atoms with Gasteiger partial charge in [-0.15, -0.1) is 0 Å². The van der Waals surface area contributed by atoms with Crippen molar-refractivity contribution in [2.45, 2.75) is 18.6 Å². The minimum Gasteiger partial charge on any atom is -0.387 e. The first kappa shape index (κ1) is 17.5. The van der Waals surface area contributed by atoms with Crippen LogP contribution >= 0.6 is 0 Å².